The Labute approximate surface area is 120 Å². The Morgan fingerprint density at radius 2 is 1.95 bits per heavy atom. The summed E-state index contributed by atoms with van der Waals surface area (Å²) >= 11 is 0. The van der Waals surface area contributed by atoms with E-state index in [1.54, 1.807) is 0 Å². The van der Waals surface area contributed by atoms with Gasteiger partial charge in [0.25, 0.3) is 5.91 Å². The summed E-state index contributed by atoms with van der Waals surface area (Å²) in [4.78, 5) is 34.0. The van der Waals surface area contributed by atoms with Gasteiger partial charge in [0.1, 0.15) is 0 Å². The Morgan fingerprint density at radius 1 is 1.19 bits per heavy atom. The molecule has 0 aromatic heterocycles. The van der Waals surface area contributed by atoms with E-state index >= 15 is 0 Å². The average Bonchev–Trinajstić information content (AvgIpc) is 2.97. The lowest BCUT2D eigenvalue weighted by Gasteiger charge is -2.12. The normalized spacial score (nSPS) is 17.4. The van der Waals surface area contributed by atoms with Crippen LogP contribution < -0.4 is 5.32 Å². The van der Waals surface area contributed by atoms with Crippen molar-refractivity contribution in [2.45, 2.75) is 18.9 Å². The molecule has 112 valence electrons. The lowest BCUT2D eigenvalue weighted by atomic mass is 10.0. The van der Waals surface area contributed by atoms with Crippen molar-refractivity contribution in [2.75, 3.05) is 13.2 Å². The first-order chi connectivity index (χ1) is 9.99. The van der Waals surface area contributed by atoms with Crippen LogP contribution in [0.3, 0.4) is 0 Å². The van der Waals surface area contributed by atoms with Crippen molar-refractivity contribution in [1.29, 1.82) is 0 Å². The first kappa shape index (κ1) is 15.0. The van der Waals surface area contributed by atoms with Crippen molar-refractivity contribution in [3.8, 4) is 0 Å². The van der Waals surface area contributed by atoms with Gasteiger partial charge < -0.3 is 20.3 Å². The zero-order valence-corrected chi connectivity index (χ0v) is 11.2. The van der Waals surface area contributed by atoms with Crippen LogP contribution >= 0.6 is 0 Å². The molecular weight excluding hydrogens is 278 g/mol. The van der Waals surface area contributed by atoms with Gasteiger partial charge in [0, 0.05) is 13.2 Å². The lowest BCUT2D eigenvalue weighted by Crippen LogP contribution is -2.32. The highest BCUT2D eigenvalue weighted by Gasteiger charge is 2.21. The molecule has 1 aromatic rings. The number of nitrogens with one attached hydrogen (secondary N) is 1. The number of ether oxygens (including phenoxy) is 1. The molecule has 1 amide bonds. The maximum Gasteiger partial charge on any atom is 0.336 e. The van der Waals surface area contributed by atoms with Gasteiger partial charge in [-0.25, -0.2) is 9.59 Å². The van der Waals surface area contributed by atoms with Crippen LogP contribution in [0.15, 0.2) is 18.2 Å². The van der Waals surface area contributed by atoms with E-state index in [9.17, 15) is 14.4 Å². The standard InChI is InChI=1S/C14H15NO6/c16-12(15-7-9-2-1-5-21-9)10-4-3-8(13(17)18)6-11(10)14(19)20/h3-4,6,9H,1-2,5,7H2,(H,15,16)(H,17,18)(H,19,20)/t9-/m1/s1. The predicted octanol–water partition coefficient (Wildman–Crippen LogP) is 0.992. The summed E-state index contributed by atoms with van der Waals surface area (Å²) in [6.45, 7) is 0.965. The number of aromatic carboxylic acids is 2. The fourth-order valence-corrected chi connectivity index (χ4v) is 2.16. The number of hydrogen-bond acceptors (Lipinski definition) is 4. The number of carboxylic acid groups (broad SMARTS) is 2. The summed E-state index contributed by atoms with van der Waals surface area (Å²) in [7, 11) is 0. The highest BCUT2D eigenvalue weighted by Crippen LogP contribution is 2.14. The minimum atomic E-state index is -1.35. The SMILES string of the molecule is O=C(O)c1ccc(C(=O)NC[C@H]2CCCO2)c(C(=O)O)c1. The van der Waals surface area contributed by atoms with Gasteiger partial charge in [0.05, 0.1) is 22.8 Å². The van der Waals surface area contributed by atoms with Crippen LogP contribution in [0.5, 0.6) is 0 Å². The number of amides is 1. The number of carbonyl (C=O) groups excluding carboxylic acids is 1. The predicted molar refractivity (Wildman–Crippen MR) is 71.7 cm³/mol. The lowest BCUT2D eigenvalue weighted by molar-refractivity contribution is 0.0689. The van der Waals surface area contributed by atoms with E-state index in [2.05, 4.69) is 5.32 Å². The van der Waals surface area contributed by atoms with Gasteiger partial charge in [-0.1, -0.05) is 0 Å². The monoisotopic (exact) mass is 293 g/mol. The molecule has 0 spiro atoms. The Balaban J connectivity index is 2.15. The molecule has 1 aliphatic heterocycles. The van der Waals surface area contributed by atoms with E-state index < -0.39 is 17.8 Å². The quantitative estimate of drug-likeness (QED) is 0.746. The molecule has 7 nitrogen and oxygen atoms in total. The number of carbonyl (C=O) groups is 3. The van der Waals surface area contributed by atoms with Crippen molar-refractivity contribution in [1.82, 2.24) is 5.32 Å². The average molecular weight is 293 g/mol. The van der Waals surface area contributed by atoms with Crippen molar-refractivity contribution in [3.05, 3.63) is 34.9 Å². The van der Waals surface area contributed by atoms with Gasteiger partial charge in [-0.2, -0.15) is 0 Å². The molecule has 0 saturated carbocycles. The van der Waals surface area contributed by atoms with Crippen molar-refractivity contribution < 1.29 is 29.3 Å². The Hall–Kier alpha value is -2.41. The van der Waals surface area contributed by atoms with Crippen LogP contribution in [0.25, 0.3) is 0 Å². The minimum absolute atomic E-state index is 0.0551. The van der Waals surface area contributed by atoms with Crippen molar-refractivity contribution in [3.63, 3.8) is 0 Å². The van der Waals surface area contributed by atoms with Crippen LogP contribution in [0.4, 0.5) is 0 Å². The second-order valence-electron chi connectivity index (χ2n) is 4.72. The summed E-state index contributed by atoms with van der Waals surface area (Å²) in [6.07, 6.45) is 1.73. The molecule has 1 aromatic carbocycles. The molecule has 0 radical (unpaired) electrons. The highest BCUT2D eigenvalue weighted by molar-refractivity contribution is 6.06. The maximum atomic E-state index is 12.0. The number of hydrogen-bond donors (Lipinski definition) is 3. The Morgan fingerprint density at radius 3 is 2.52 bits per heavy atom. The number of rotatable bonds is 5. The van der Waals surface area contributed by atoms with Crippen LogP contribution in [-0.2, 0) is 4.74 Å². The molecular formula is C14H15NO6. The summed E-state index contributed by atoms with van der Waals surface area (Å²) in [5.74, 6) is -3.15. The second-order valence-corrected chi connectivity index (χ2v) is 4.72. The number of carboxylic acids is 2. The smallest absolute Gasteiger partial charge is 0.336 e. The van der Waals surface area contributed by atoms with Gasteiger partial charge in [0.2, 0.25) is 0 Å². The van der Waals surface area contributed by atoms with Gasteiger partial charge >= 0.3 is 11.9 Å². The van der Waals surface area contributed by atoms with Crippen LogP contribution in [0.2, 0.25) is 0 Å². The third-order valence-electron chi connectivity index (χ3n) is 3.26. The molecule has 0 unspecified atom stereocenters. The first-order valence-corrected chi connectivity index (χ1v) is 6.49. The molecule has 1 fully saturated rings. The first-order valence-electron chi connectivity index (χ1n) is 6.49. The highest BCUT2D eigenvalue weighted by atomic mass is 16.5. The summed E-state index contributed by atoms with van der Waals surface area (Å²) in [5, 5.41) is 20.6. The van der Waals surface area contributed by atoms with Crippen LogP contribution in [0, 0.1) is 0 Å². The fourth-order valence-electron chi connectivity index (χ4n) is 2.16. The zero-order chi connectivity index (χ0) is 15.4. The maximum absolute atomic E-state index is 12.0. The molecule has 21 heavy (non-hydrogen) atoms. The molecule has 1 heterocycles. The van der Waals surface area contributed by atoms with E-state index in [1.807, 2.05) is 0 Å². The topological polar surface area (TPSA) is 113 Å². The largest absolute Gasteiger partial charge is 0.478 e. The molecule has 2 rings (SSSR count). The molecule has 1 aliphatic rings. The third kappa shape index (κ3) is 3.57. The van der Waals surface area contributed by atoms with Gasteiger partial charge in [-0.15, -0.1) is 0 Å². The van der Waals surface area contributed by atoms with Crippen molar-refractivity contribution >= 4 is 17.8 Å². The molecule has 0 bridgehead atoms. The molecule has 1 atom stereocenters. The van der Waals surface area contributed by atoms with Gasteiger partial charge in [-0.05, 0) is 31.0 Å². The zero-order valence-electron chi connectivity index (χ0n) is 11.2. The van der Waals surface area contributed by atoms with E-state index in [0.717, 1.165) is 18.9 Å². The fraction of sp³-hybridized carbons (Fsp3) is 0.357. The van der Waals surface area contributed by atoms with E-state index in [-0.39, 0.29) is 22.8 Å². The molecule has 3 N–H and O–H groups in total. The third-order valence-corrected chi connectivity index (χ3v) is 3.26. The Kier molecular flexibility index (Phi) is 4.54. The minimum Gasteiger partial charge on any atom is -0.478 e. The molecule has 7 heteroatoms. The summed E-state index contributed by atoms with van der Waals surface area (Å²) in [6, 6.07) is 3.39. The molecule has 1 saturated heterocycles. The Bertz CT molecular complexity index is 577. The van der Waals surface area contributed by atoms with Crippen LogP contribution in [0.1, 0.15) is 43.9 Å². The van der Waals surface area contributed by atoms with E-state index in [4.69, 9.17) is 14.9 Å². The summed E-state index contributed by atoms with van der Waals surface area (Å²) < 4.78 is 5.36. The van der Waals surface area contributed by atoms with Gasteiger partial charge in [0.15, 0.2) is 0 Å². The molecule has 0 aliphatic carbocycles. The summed E-state index contributed by atoms with van der Waals surface area (Å²) in [5.41, 5.74) is -0.576. The van der Waals surface area contributed by atoms with Crippen LogP contribution in [-0.4, -0.2) is 47.3 Å². The number of benzene rings is 1. The van der Waals surface area contributed by atoms with Gasteiger partial charge in [-0.3, -0.25) is 4.79 Å². The van der Waals surface area contributed by atoms with E-state index in [0.29, 0.717) is 13.2 Å². The van der Waals surface area contributed by atoms with Crippen molar-refractivity contribution in [2.24, 2.45) is 0 Å². The second kappa shape index (κ2) is 6.36. The van der Waals surface area contributed by atoms with E-state index in [1.165, 1.54) is 12.1 Å².